The fraction of sp³-hybridized carbons (Fsp3) is 0.136. The van der Waals surface area contributed by atoms with Gasteiger partial charge in [0.15, 0.2) is 4.80 Å². The van der Waals surface area contributed by atoms with E-state index in [4.69, 9.17) is 25.7 Å². The van der Waals surface area contributed by atoms with Gasteiger partial charge in [-0.3, -0.25) is 0 Å². The lowest BCUT2D eigenvalue weighted by Gasteiger charge is -2.08. The van der Waals surface area contributed by atoms with Crippen LogP contribution in [0.1, 0.15) is 12.7 Å². The Kier molecular flexibility index (Phi) is 5.65. The third-order valence-electron chi connectivity index (χ3n) is 4.20. The van der Waals surface area contributed by atoms with Gasteiger partial charge in [0.25, 0.3) is 0 Å². The highest BCUT2D eigenvalue weighted by Crippen LogP contribution is 2.24. The van der Waals surface area contributed by atoms with E-state index in [1.54, 1.807) is 17.6 Å². The maximum Gasteiger partial charge on any atom is 0.190 e. The largest absolute Gasteiger partial charge is 0.494 e. The van der Waals surface area contributed by atoms with Crippen LogP contribution in [0.25, 0.3) is 11.3 Å². The number of hydrogen-bond acceptors (Lipinski definition) is 4. The van der Waals surface area contributed by atoms with Crippen molar-refractivity contribution in [3.8, 4) is 17.0 Å². The van der Waals surface area contributed by atoms with E-state index in [9.17, 15) is 0 Å². The van der Waals surface area contributed by atoms with Gasteiger partial charge in [-0.1, -0.05) is 23.7 Å². The zero-order valence-electron chi connectivity index (χ0n) is 15.3. The van der Waals surface area contributed by atoms with Gasteiger partial charge < -0.3 is 13.7 Å². The third kappa shape index (κ3) is 4.21. The first-order valence-electron chi connectivity index (χ1n) is 8.97. The van der Waals surface area contributed by atoms with Gasteiger partial charge in [0.1, 0.15) is 11.5 Å². The minimum absolute atomic E-state index is 0.602. The molecule has 0 atom stereocenters. The second-order valence-electron chi connectivity index (χ2n) is 6.11. The molecule has 142 valence electrons. The van der Waals surface area contributed by atoms with Crippen LogP contribution in [0.4, 0.5) is 5.69 Å². The molecule has 0 aliphatic carbocycles. The Morgan fingerprint density at radius 1 is 1.07 bits per heavy atom. The molecule has 0 amide bonds. The number of thiazole rings is 1. The number of benzene rings is 2. The summed E-state index contributed by atoms with van der Waals surface area (Å²) in [4.78, 5) is 5.74. The van der Waals surface area contributed by atoms with Crippen molar-refractivity contribution in [3.05, 3.63) is 87.9 Å². The average molecular weight is 411 g/mol. The Hall–Kier alpha value is -2.76. The predicted octanol–water partition coefficient (Wildman–Crippen LogP) is 6.14. The summed E-state index contributed by atoms with van der Waals surface area (Å²) < 4.78 is 13.2. The summed E-state index contributed by atoms with van der Waals surface area (Å²) in [6, 6.07) is 19.5. The number of halogens is 1. The maximum atomic E-state index is 6.05. The molecule has 2 aromatic carbocycles. The molecule has 0 N–H and O–H groups in total. The summed E-state index contributed by atoms with van der Waals surface area (Å²) in [5.41, 5.74) is 3.03. The Bertz CT molecular complexity index is 1090. The molecule has 0 radical (unpaired) electrons. The smallest absolute Gasteiger partial charge is 0.190 e. The van der Waals surface area contributed by atoms with Crippen LogP contribution < -0.4 is 9.54 Å². The summed E-state index contributed by atoms with van der Waals surface area (Å²) in [5.74, 6) is 1.72. The van der Waals surface area contributed by atoms with Crippen molar-refractivity contribution in [2.75, 3.05) is 6.61 Å². The molecule has 0 aliphatic rings. The maximum absolute atomic E-state index is 6.05. The Morgan fingerprint density at radius 2 is 1.86 bits per heavy atom. The van der Waals surface area contributed by atoms with Crippen LogP contribution in [-0.4, -0.2) is 11.2 Å². The normalized spacial score (nSPS) is 11.7. The molecule has 2 heterocycles. The van der Waals surface area contributed by atoms with Gasteiger partial charge in [0.05, 0.1) is 30.8 Å². The van der Waals surface area contributed by atoms with E-state index < -0.39 is 0 Å². The lowest BCUT2D eigenvalue weighted by molar-refractivity contribution is 0.340. The van der Waals surface area contributed by atoms with E-state index >= 15 is 0 Å². The van der Waals surface area contributed by atoms with Crippen LogP contribution in [0.3, 0.4) is 0 Å². The zero-order chi connectivity index (χ0) is 19.3. The first kappa shape index (κ1) is 18.6. The van der Waals surface area contributed by atoms with Gasteiger partial charge >= 0.3 is 0 Å². The van der Waals surface area contributed by atoms with E-state index in [0.29, 0.717) is 13.2 Å². The van der Waals surface area contributed by atoms with Crippen molar-refractivity contribution in [1.82, 2.24) is 4.57 Å². The fourth-order valence-corrected chi connectivity index (χ4v) is 3.93. The molecule has 4 aromatic rings. The first-order chi connectivity index (χ1) is 13.7. The number of furan rings is 1. The highest BCUT2D eigenvalue weighted by atomic mass is 35.5. The molecule has 0 spiro atoms. The van der Waals surface area contributed by atoms with Crippen LogP contribution >= 0.6 is 22.9 Å². The van der Waals surface area contributed by atoms with Gasteiger partial charge in [0, 0.05) is 10.4 Å². The second-order valence-corrected chi connectivity index (χ2v) is 7.39. The fourth-order valence-electron chi connectivity index (χ4n) is 2.88. The molecule has 2 aromatic heterocycles. The lowest BCUT2D eigenvalue weighted by Crippen LogP contribution is -2.16. The Balaban J connectivity index is 1.76. The highest BCUT2D eigenvalue weighted by Gasteiger charge is 2.10. The number of ether oxygens (including phenoxy) is 1. The van der Waals surface area contributed by atoms with Crippen molar-refractivity contribution < 1.29 is 9.15 Å². The number of aromatic nitrogens is 1. The summed E-state index contributed by atoms with van der Waals surface area (Å²) in [6.45, 7) is 3.22. The minimum atomic E-state index is 0.602. The van der Waals surface area contributed by atoms with E-state index in [-0.39, 0.29) is 0 Å². The number of hydrogen-bond donors (Lipinski definition) is 0. The predicted molar refractivity (Wildman–Crippen MR) is 113 cm³/mol. The molecule has 0 aliphatic heterocycles. The molecule has 0 unspecified atom stereocenters. The van der Waals surface area contributed by atoms with E-state index in [0.717, 1.165) is 38.3 Å². The summed E-state index contributed by atoms with van der Waals surface area (Å²) in [5, 5.41) is 2.83. The molecule has 6 heteroatoms. The van der Waals surface area contributed by atoms with Crippen molar-refractivity contribution in [2.45, 2.75) is 13.5 Å². The van der Waals surface area contributed by atoms with Gasteiger partial charge in [-0.25, -0.2) is 4.99 Å². The highest BCUT2D eigenvalue weighted by molar-refractivity contribution is 7.07. The zero-order valence-corrected chi connectivity index (χ0v) is 16.9. The summed E-state index contributed by atoms with van der Waals surface area (Å²) >= 11 is 7.65. The quantitative estimate of drug-likeness (QED) is 0.383. The van der Waals surface area contributed by atoms with E-state index in [1.807, 2.05) is 67.6 Å². The SMILES string of the molecule is CCOc1ccc(N=c2scc(-c3ccc(Cl)cc3)n2Cc2ccco2)cc1. The number of rotatable bonds is 6. The molecule has 0 saturated carbocycles. The molecule has 0 bridgehead atoms. The van der Waals surface area contributed by atoms with Crippen LogP contribution in [0, 0.1) is 0 Å². The molecule has 28 heavy (non-hydrogen) atoms. The summed E-state index contributed by atoms with van der Waals surface area (Å²) in [7, 11) is 0. The van der Waals surface area contributed by atoms with Crippen LogP contribution in [0.2, 0.25) is 5.02 Å². The number of nitrogens with zero attached hydrogens (tertiary/aromatic N) is 2. The first-order valence-corrected chi connectivity index (χ1v) is 10.2. The lowest BCUT2D eigenvalue weighted by atomic mass is 10.2. The van der Waals surface area contributed by atoms with Crippen molar-refractivity contribution >= 4 is 28.6 Å². The van der Waals surface area contributed by atoms with Gasteiger partial charge in [0.2, 0.25) is 0 Å². The van der Waals surface area contributed by atoms with Crippen molar-refractivity contribution in [1.29, 1.82) is 0 Å². The summed E-state index contributed by atoms with van der Waals surface area (Å²) in [6.07, 6.45) is 1.69. The van der Waals surface area contributed by atoms with E-state index in [2.05, 4.69) is 9.95 Å². The minimum Gasteiger partial charge on any atom is -0.494 e. The second kappa shape index (κ2) is 8.50. The van der Waals surface area contributed by atoms with Gasteiger partial charge in [-0.05, 0) is 61.0 Å². The standard InChI is InChI=1S/C22H19ClN2O2S/c1-2-26-19-11-9-18(10-12-19)24-22-25(14-20-4-3-13-27-20)21(15-28-22)16-5-7-17(23)8-6-16/h3-13,15H,2,14H2,1H3. The van der Waals surface area contributed by atoms with Crippen molar-refractivity contribution in [3.63, 3.8) is 0 Å². The Labute approximate surface area is 172 Å². The average Bonchev–Trinajstić information content (AvgIpc) is 3.35. The van der Waals surface area contributed by atoms with Gasteiger partial charge in [-0.15, -0.1) is 11.3 Å². The molecule has 0 saturated heterocycles. The Morgan fingerprint density at radius 3 is 2.54 bits per heavy atom. The van der Waals surface area contributed by atoms with Crippen molar-refractivity contribution in [2.24, 2.45) is 4.99 Å². The molecular weight excluding hydrogens is 392 g/mol. The monoisotopic (exact) mass is 410 g/mol. The molecule has 4 rings (SSSR count). The molecule has 4 nitrogen and oxygen atoms in total. The van der Waals surface area contributed by atoms with Crippen LogP contribution in [0.15, 0.2) is 81.7 Å². The van der Waals surface area contributed by atoms with Crippen LogP contribution in [0.5, 0.6) is 5.75 Å². The van der Waals surface area contributed by atoms with E-state index in [1.165, 1.54) is 0 Å². The van der Waals surface area contributed by atoms with Crippen LogP contribution in [-0.2, 0) is 6.54 Å². The van der Waals surface area contributed by atoms with Gasteiger partial charge in [-0.2, -0.15) is 0 Å². The molecular formula is C22H19ClN2O2S. The topological polar surface area (TPSA) is 39.7 Å². The molecule has 0 fully saturated rings. The third-order valence-corrected chi connectivity index (χ3v) is 5.32.